The van der Waals surface area contributed by atoms with Crippen molar-refractivity contribution in [2.45, 2.75) is 19.8 Å². The molecule has 1 rings (SSSR count). The lowest BCUT2D eigenvalue weighted by Gasteiger charge is -2.14. The fourth-order valence-electron chi connectivity index (χ4n) is 1.76. The van der Waals surface area contributed by atoms with Crippen molar-refractivity contribution >= 4 is 11.8 Å². The lowest BCUT2D eigenvalue weighted by Crippen LogP contribution is -2.29. The molecule has 5 nitrogen and oxygen atoms in total. The van der Waals surface area contributed by atoms with Gasteiger partial charge in [-0.25, -0.2) is 0 Å². The minimum atomic E-state index is -0.513. The molecule has 19 heavy (non-hydrogen) atoms. The van der Waals surface area contributed by atoms with Crippen LogP contribution in [0.4, 0.5) is 0 Å². The smallest absolute Gasteiger partial charge is 0.251 e. The van der Waals surface area contributed by atoms with Gasteiger partial charge >= 0.3 is 0 Å². The number of hydrogen-bond donors (Lipinski definition) is 3. The predicted molar refractivity (Wildman–Crippen MR) is 72.8 cm³/mol. The lowest BCUT2D eigenvalue weighted by atomic mass is 10.0. The molecule has 0 radical (unpaired) electrons. The van der Waals surface area contributed by atoms with Crippen LogP contribution >= 0.6 is 0 Å². The van der Waals surface area contributed by atoms with Crippen molar-refractivity contribution < 1.29 is 14.7 Å². The van der Waals surface area contributed by atoms with E-state index in [2.05, 4.69) is 5.32 Å². The Labute approximate surface area is 112 Å². The van der Waals surface area contributed by atoms with Crippen molar-refractivity contribution in [1.29, 1.82) is 0 Å². The van der Waals surface area contributed by atoms with E-state index in [9.17, 15) is 9.59 Å². The van der Waals surface area contributed by atoms with Crippen LogP contribution in [0.5, 0.6) is 0 Å². The first-order valence-electron chi connectivity index (χ1n) is 6.37. The van der Waals surface area contributed by atoms with E-state index < -0.39 is 5.91 Å². The van der Waals surface area contributed by atoms with E-state index in [1.54, 1.807) is 12.1 Å². The Morgan fingerprint density at radius 1 is 1.26 bits per heavy atom. The number of aliphatic hydroxyl groups is 1. The minimum Gasteiger partial charge on any atom is -0.396 e. The maximum absolute atomic E-state index is 11.9. The summed E-state index contributed by atoms with van der Waals surface area (Å²) in [5, 5.41) is 11.7. The molecule has 0 aliphatic carbocycles. The van der Waals surface area contributed by atoms with Crippen LogP contribution in [-0.4, -0.2) is 30.1 Å². The summed E-state index contributed by atoms with van der Waals surface area (Å²) in [7, 11) is 0. The molecule has 0 aromatic heterocycles. The van der Waals surface area contributed by atoms with Crippen LogP contribution in [0.2, 0.25) is 0 Å². The highest BCUT2D eigenvalue weighted by Crippen LogP contribution is 2.07. The van der Waals surface area contributed by atoms with Crippen molar-refractivity contribution in [2.24, 2.45) is 11.7 Å². The van der Waals surface area contributed by atoms with Gasteiger partial charge in [-0.2, -0.15) is 0 Å². The van der Waals surface area contributed by atoms with E-state index in [1.165, 1.54) is 12.1 Å². The highest BCUT2D eigenvalue weighted by Gasteiger charge is 2.10. The van der Waals surface area contributed by atoms with Gasteiger partial charge in [0.25, 0.3) is 5.91 Å². The molecule has 104 valence electrons. The van der Waals surface area contributed by atoms with Gasteiger partial charge in [0.05, 0.1) is 0 Å². The fourth-order valence-corrected chi connectivity index (χ4v) is 1.76. The van der Waals surface area contributed by atoms with E-state index in [-0.39, 0.29) is 18.4 Å². The number of carbonyl (C=O) groups is 2. The average molecular weight is 264 g/mol. The Morgan fingerprint density at radius 2 is 1.84 bits per heavy atom. The zero-order chi connectivity index (χ0) is 14.3. The number of amides is 2. The van der Waals surface area contributed by atoms with Crippen molar-refractivity contribution in [2.75, 3.05) is 13.2 Å². The Morgan fingerprint density at radius 3 is 2.32 bits per heavy atom. The highest BCUT2D eigenvalue weighted by molar-refractivity contribution is 5.97. The molecular formula is C14H20N2O3. The number of primary amides is 1. The second-order valence-corrected chi connectivity index (χ2v) is 4.44. The molecule has 0 saturated carbocycles. The van der Waals surface area contributed by atoms with Crippen molar-refractivity contribution in [3.05, 3.63) is 35.4 Å². The number of hydrogen-bond acceptors (Lipinski definition) is 3. The number of nitrogens with one attached hydrogen (secondary N) is 1. The summed E-state index contributed by atoms with van der Waals surface area (Å²) >= 11 is 0. The zero-order valence-electron chi connectivity index (χ0n) is 11.1. The largest absolute Gasteiger partial charge is 0.396 e. The second kappa shape index (κ2) is 7.53. The standard InChI is InChI=1S/C14H20N2O3/c1-2-10(7-8-17)9-16-14(19)12-5-3-11(4-6-12)13(15)18/h3-6,10,17H,2,7-9H2,1H3,(H2,15,18)(H,16,19). The van der Waals surface area contributed by atoms with Crippen LogP contribution in [0, 0.1) is 5.92 Å². The Kier molecular flexibility index (Phi) is 6.02. The first kappa shape index (κ1) is 15.2. The van der Waals surface area contributed by atoms with Gasteiger partial charge in [0.15, 0.2) is 0 Å². The Balaban J connectivity index is 2.55. The molecule has 0 aliphatic heterocycles. The topological polar surface area (TPSA) is 92.4 Å². The van der Waals surface area contributed by atoms with E-state index in [0.29, 0.717) is 24.1 Å². The van der Waals surface area contributed by atoms with Crippen molar-refractivity contribution in [1.82, 2.24) is 5.32 Å². The maximum Gasteiger partial charge on any atom is 0.251 e. The number of rotatable bonds is 7. The molecule has 0 spiro atoms. The van der Waals surface area contributed by atoms with Gasteiger partial charge in [-0.3, -0.25) is 9.59 Å². The molecule has 0 saturated heterocycles. The molecule has 0 fully saturated rings. The predicted octanol–water partition coefficient (Wildman–Crippen LogP) is 0.924. The molecule has 1 atom stereocenters. The third-order valence-corrected chi connectivity index (χ3v) is 3.10. The number of benzene rings is 1. The third-order valence-electron chi connectivity index (χ3n) is 3.10. The Bertz CT molecular complexity index is 429. The molecule has 0 heterocycles. The summed E-state index contributed by atoms with van der Waals surface area (Å²) in [6.07, 6.45) is 1.58. The molecule has 1 aromatic rings. The van der Waals surface area contributed by atoms with Crippen LogP contribution in [0.3, 0.4) is 0 Å². The number of carbonyl (C=O) groups excluding carboxylic acids is 2. The average Bonchev–Trinajstić information content (AvgIpc) is 2.43. The summed E-state index contributed by atoms with van der Waals surface area (Å²) in [5.74, 6) is -0.424. The summed E-state index contributed by atoms with van der Waals surface area (Å²) in [6.45, 7) is 2.68. The van der Waals surface area contributed by atoms with E-state index in [1.807, 2.05) is 6.92 Å². The molecular weight excluding hydrogens is 244 g/mol. The molecule has 0 aliphatic rings. The van der Waals surface area contributed by atoms with Gasteiger partial charge in [0, 0.05) is 24.3 Å². The number of nitrogens with two attached hydrogens (primary N) is 1. The third kappa shape index (κ3) is 4.71. The summed E-state index contributed by atoms with van der Waals surface area (Å²) in [5.41, 5.74) is 5.99. The van der Waals surface area contributed by atoms with E-state index in [4.69, 9.17) is 10.8 Å². The molecule has 4 N–H and O–H groups in total. The summed E-state index contributed by atoms with van der Waals surface area (Å²) < 4.78 is 0. The Hall–Kier alpha value is -1.88. The van der Waals surface area contributed by atoms with Crippen LogP contribution < -0.4 is 11.1 Å². The zero-order valence-corrected chi connectivity index (χ0v) is 11.1. The van der Waals surface area contributed by atoms with Crippen LogP contribution in [0.15, 0.2) is 24.3 Å². The SMILES string of the molecule is CCC(CCO)CNC(=O)c1ccc(C(N)=O)cc1. The molecule has 1 aromatic carbocycles. The van der Waals surface area contributed by atoms with E-state index >= 15 is 0 Å². The van der Waals surface area contributed by atoms with Crippen LogP contribution in [0.25, 0.3) is 0 Å². The van der Waals surface area contributed by atoms with Gasteiger partial charge in [-0.05, 0) is 36.6 Å². The van der Waals surface area contributed by atoms with Crippen molar-refractivity contribution in [3.8, 4) is 0 Å². The number of aliphatic hydroxyl groups excluding tert-OH is 1. The van der Waals surface area contributed by atoms with Gasteiger partial charge in [-0.15, -0.1) is 0 Å². The monoisotopic (exact) mass is 264 g/mol. The highest BCUT2D eigenvalue weighted by atomic mass is 16.3. The van der Waals surface area contributed by atoms with E-state index in [0.717, 1.165) is 6.42 Å². The summed E-state index contributed by atoms with van der Waals surface area (Å²) in [4.78, 5) is 22.8. The van der Waals surface area contributed by atoms with Gasteiger partial charge in [0.1, 0.15) is 0 Å². The minimum absolute atomic E-state index is 0.127. The van der Waals surface area contributed by atoms with Crippen LogP contribution in [0.1, 0.15) is 40.5 Å². The lowest BCUT2D eigenvalue weighted by molar-refractivity contribution is 0.0941. The maximum atomic E-state index is 11.9. The first-order valence-corrected chi connectivity index (χ1v) is 6.37. The normalized spacial score (nSPS) is 11.9. The van der Waals surface area contributed by atoms with Crippen molar-refractivity contribution in [3.63, 3.8) is 0 Å². The molecule has 0 bridgehead atoms. The second-order valence-electron chi connectivity index (χ2n) is 4.44. The molecule has 2 amide bonds. The van der Waals surface area contributed by atoms with Gasteiger partial charge in [0.2, 0.25) is 5.91 Å². The first-order chi connectivity index (χ1) is 9.08. The fraction of sp³-hybridized carbons (Fsp3) is 0.429. The summed E-state index contributed by atoms with van der Waals surface area (Å²) in [6, 6.07) is 6.20. The molecule has 1 unspecified atom stereocenters. The van der Waals surface area contributed by atoms with Gasteiger partial charge in [-0.1, -0.05) is 13.3 Å². The van der Waals surface area contributed by atoms with Gasteiger partial charge < -0.3 is 16.2 Å². The quantitative estimate of drug-likeness (QED) is 0.684. The van der Waals surface area contributed by atoms with Crippen LogP contribution in [-0.2, 0) is 0 Å². The molecule has 5 heteroatoms.